The van der Waals surface area contributed by atoms with Crippen LogP contribution in [0.4, 0.5) is 0 Å². The number of pyridine rings is 1. The van der Waals surface area contributed by atoms with Crippen molar-refractivity contribution < 1.29 is 14.7 Å². The summed E-state index contributed by atoms with van der Waals surface area (Å²) in [5.41, 5.74) is 2.37. The number of nitrogens with one attached hydrogen (secondary N) is 1. The zero-order valence-electron chi connectivity index (χ0n) is 21.1. The summed E-state index contributed by atoms with van der Waals surface area (Å²) in [4.78, 5) is 34.7. The zero-order valence-corrected chi connectivity index (χ0v) is 21.1. The summed E-state index contributed by atoms with van der Waals surface area (Å²) in [6.07, 6.45) is 7.46. The predicted molar refractivity (Wildman–Crippen MR) is 137 cm³/mol. The van der Waals surface area contributed by atoms with Gasteiger partial charge in [0.05, 0.1) is 12.0 Å². The second-order valence-corrected chi connectivity index (χ2v) is 11.2. The summed E-state index contributed by atoms with van der Waals surface area (Å²) >= 11 is 0. The minimum absolute atomic E-state index is 0.0380. The number of amides is 2. The summed E-state index contributed by atoms with van der Waals surface area (Å²) < 4.78 is 0. The fourth-order valence-electron chi connectivity index (χ4n) is 7.18. The molecule has 0 unspecified atom stereocenters. The molecule has 2 aromatic rings. The second kappa shape index (κ2) is 8.96. The third kappa shape index (κ3) is 3.84. The van der Waals surface area contributed by atoms with E-state index in [1.165, 1.54) is 18.4 Å². The number of carbonyl (C=O) groups excluding carboxylic acids is 2. The van der Waals surface area contributed by atoms with Crippen LogP contribution < -0.4 is 5.32 Å². The SMILES string of the molecule is CNC(=O)c1ccc2c(c1)[C@@]13CCN(C(=O)Cc4ccccn4)CC[C@@]1(O)[C@@H](C2)N(CC1CC1)CC3. The summed E-state index contributed by atoms with van der Waals surface area (Å²) in [6, 6.07) is 11.7. The van der Waals surface area contributed by atoms with Crippen LogP contribution in [-0.2, 0) is 23.1 Å². The van der Waals surface area contributed by atoms with Crippen molar-refractivity contribution >= 4 is 11.8 Å². The third-order valence-corrected chi connectivity index (χ3v) is 9.35. The molecule has 3 heterocycles. The fraction of sp³-hybridized carbons (Fsp3) is 0.552. The number of aromatic nitrogens is 1. The van der Waals surface area contributed by atoms with Crippen LogP contribution in [-0.4, -0.2) is 76.6 Å². The smallest absolute Gasteiger partial charge is 0.251 e. The lowest BCUT2D eigenvalue weighted by Crippen LogP contribution is -2.71. The van der Waals surface area contributed by atoms with Gasteiger partial charge in [0, 0.05) is 55.6 Å². The summed E-state index contributed by atoms with van der Waals surface area (Å²) in [6.45, 7) is 3.15. The molecule has 7 heteroatoms. The Kier molecular flexibility index (Phi) is 5.88. The van der Waals surface area contributed by atoms with Gasteiger partial charge >= 0.3 is 0 Å². The van der Waals surface area contributed by atoms with Gasteiger partial charge in [-0.05, 0) is 86.4 Å². The first kappa shape index (κ1) is 23.6. The van der Waals surface area contributed by atoms with Crippen LogP contribution in [0.15, 0.2) is 42.6 Å². The molecule has 2 amide bonds. The molecule has 1 aromatic carbocycles. The quantitative estimate of drug-likeness (QED) is 0.675. The van der Waals surface area contributed by atoms with E-state index in [0.29, 0.717) is 31.5 Å². The number of aliphatic hydroxyl groups is 1. The molecule has 3 fully saturated rings. The van der Waals surface area contributed by atoms with Crippen molar-refractivity contribution in [1.82, 2.24) is 20.1 Å². The van der Waals surface area contributed by atoms with E-state index in [9.17, 15) is 14.7 Å². The number of piperidine rings is 1. The molecule has 1 saturated carbocycles. The highest BCUT2D eigenvalue weighted by Crippen LogP contribution is 2.56. The number of hydrogen-bond acceptors (Lipinski definition) is 5. The van der Waals surface area contributed by atoms with E-state index in [1.807, 2.05) is 35.2 Å². The van der Waals surface area contributed by atoms with Crippen LogP contribution in [0, 0.1) is 5.92 Å². The molecule has 0 spiro atoms. The van der Waals surface area contributed by atoms with Gasteiger partial charge in [0.25, 0.3) is 5.91 Å². The molecule has 2 aliphatic carbocycles. The lowest BCUT2D eigenvalue weighted by Gasteiger charge is -2.61. The predicted octanol–water partition coefficient (Wildman–Crippen LogP) is 2.32. The summed E-state index contributed by atoms with van der Waals surface area (Å²) in [7, 11) is 1.65. The molecule has 0 radical (unpaired) electrons. The maximum atomic E-state index is 13.3. The molecule has 4 aliphatic rings. The normalized spacial score (nSPS) is 29.6. The Morgan fingerprint density at radius 1 is 1.11 bits per heavy atom. The molecule has 2 N–H and O–H groups in total. The molecule has 190 valence electrons. The van der Waals surface area contributed by atoms with Gasteiger partial charge in [-0.1, -0.05) is 12.1 Å². The van der Waals surface area contributed by atoms with Crippen molar-refractivity contribution in [3.05, 3.63) is 65.0 Å². The van der Waals surface area contributed by atoms with E-state index >= 15 is 0 Å². The average molecular weight is 489 g/mol. The minimum atomic E-state index is -0.936. The molecule has 3 atom stereocenters. The number of carbonyl (C=O) groups is 2. The molecule has 2 aliphatic heterocycles. The Bertz CT molecular complexity index is 1170. The Morgan fingerprint density at radius 3 is 2.67 bits per heavy atom. The van der Waals surface area contributed by atoms with E-state index in [4.69, 9.17) is 0 Å². The van der Waals surface area contributed by atoms with E-state index in [-0.39, 0.29) is 24.3 Å². The van der Waals surface area contributed by atoms with Crippen molar-refractivity contribution in [3.63, 3.8) is 0 Å². The van der Waals surface area contributed by atoms with Gasteiger partial charge in [0.15, 0.2) is 0 Å². The Hall–Kier alpha value is -2.77. The summed E-state index contributed by atoms with van der Waals surface area (Å²) in [5.74, 6) is 0.711. The number of nitrogens with zero attached hydrogens (tertiary/aromatic N) is 3. The Morgan fingerprint density at radius 2 is 1.92 bits per heavy atom. The molecular formula is C29H36N4O3. The largest absolute Gasteiger partial charge is 0.387 e. The van der Waals surface area contributed by atoms with E-state index < -0.39 is 11.0 Å². The van der Waals surface area contributed by atoms with Crippen molar-refractivity contribution in [2.75, 3.05) is 33.2 Å². The van der Waals surface area contributed by atoms with Crippen LogP contribution >= 0.6 is 0 Å². The van der Waals surface area contributed by atoms with E-state index in [0.717, 1.165) is 43.1 Å². The number of likely N-dealkylation sites (tertiary alicyclic amines) is 2. The number of benzene rings is 1. The minimum Gasteiger partial charge on any atom is -0.387 e. The number of hydrogen-bond donors (Lipinski definition) is 2. The first-order chi connectivity index (χ1) is 17.4. The number of rotatable bonds is 5. The molecule has 1 aromatic heterocycles. The van der Waals surface area contributed by atoms with Gasteiger partial charge in [-0.25, -0.2) is 0 Å². The van der Waals surface area contributed by atoms with Crippen LogP contribution in [0.5, 0.6) is 0 Å². The number of fused-ring (bicyclic) bond motifs is 1. The molecule has 2 saturated heterocycles. The molecular weight excluding hydrogens is 452 g/mol. The topological polar surface area (TPSA) is 85.8 Å². The molecule has 6 rings (SSSR count). The van der Waals surface area contributed by atoms with Crippen LogP contribution in [0.2, 0.25) is 0 Å². The van der Waals surface area contributed by atoms with E-state index in [1.54, 1.807) is 13.2 Å². The fourth-order valence-corrected chi connectivity index (χ4v) is 7.18. The molecule has 7 nitrogen and oxygen atoms in total. The van der Waals surface area contributed by atoms with Gasteiger partial charge in [0.1, 0.15) is 0 Å². The van der Waals surface area contributed by atoms with Crippen molar-refractivity contribution in [3.8, 4) is 0 Å². The van der Waals surface area contributed by atoms with Gasteiger partial charge in [-0.2, -0.15) is 0 Å². The lowest BCUT2D eigenvalue weighted by molar-refractivity contribution is -0.149. The third-order valence-electron chi connectivity index (χ3n) is 9.35. The van der Waals surface area contributed by atoms with Crippen LogP contribution in [0.25, 0.3) is 0 Å². The molecule has 36 heavy (non-hydrogen) atoms. The maximum Gasteiger partial charge on any atom is 0.251 e. The standard InChI is InChI=1S/C29H36N4O3/c1-30-27(35)22-8-7-21-17-25-29(36)11-15-32(26(34)18-23-4-2-3-12-31-23)13-9-28(29,24(21)16-22)10-14-33(25)19-20-5-6-20/h2-4,7-8,12,16,20,25,36H,5-6,9-11,13-15,17-19H2,1H3,(H,30,35)/t25-,28+,29-/m1/s1. The van der Waals surface area contributed by atoms with Gasteiger partial charge in [0.2, 0.25) is 5.91 Å². The van der Waals surface area contributed by atoms with Crippen molar-refractivity contribution in [2.24, 2.45) is 5.92 Å². The Balaban J connectivity index is 1.36. The highest BCUT2D eigenvalue weighted by molar-refractivity contribution is 5.94. The van der Waals surface area contributed by atoms with Crippen molar-refractivity contribution in [1.29, 1.82) is 0 Å². The Labute approximate surface area is 212 Å². The highest BCUT2D eigenvalue weighted by Gasteiger charge is 2.63. The first-order valence-electron chi connectivity index (χ1n) is 13.4. The molecule has 2 bridgehead atoms. The monoisotopic (exact) mass is 488 g/mol. The van der Waals surface area contributed by atoms with Gasteiger partial charge < -0.3 is 15.3 Å². The highest BCUT2D eigenvalue weighted by atomic mass is 16.3. The van der Waals surface area contributed by atoms with Gasteiger partial charge in [-0.15, -0.1) is 0 Å². The second-order valence-electron chi connectivity index (χ2n) is 11.2. The maximum absolute atomic E-state index is 13.3. The van der Waals surface area contributed by atoms with Crippen LogP contribution in [0.3, 0.4) is 0 Å². The zero-order chi connectivity index (χ0) is 24.9. The lowest BCUT2D eigenvalue weighted by atomic mass is 9.52. The van der Waals surface area contributed by atoms with Crippen LogP contribution in [0.1, 0.15) is 59.3 Å². The summed E-state index contributed by atoms with van der Waals surface area (Å²) in [5, 5.41) is 15.4. The first-order valence-corrected chi connectivity index (χ1v) is 13.4. The average Bonchev–Trinajstić information content (AvgIpc) is 3.72. The van der Waals surface area contributed by atoms with Gasteiger partial charge in [-0.3, -0.25) is 19.5 Å². The van der Waals surface area contributed by atoms with Crippen molar-refractivity contribution in [2.45, 2.75) is 62.0 Å². The van der Waals surface area contributed by atoms with E-state index in [2.05, 4.69) is 21.3 Å².